The third-order valence-electron chi connectivity index (χ3n) is 0.988. The maximum Gasteiger partial charge on any atom is 0.0958 e. The van der Waals surface area contributed by atoms with Crippen LogP contribution in [0.5, 0.6) is 0 Å². The molecule has 0 spiro atoms. The number of nitrogens with one attached hydrogen (secondary N) is 1. The van der Waals surface area contributed by atoms with Gasteiger partial charge in [0, 0.05) is 12.3 Å². The third kappa shape index (κ3) is 4.40. The molecule has 0 saturated heterocycles. The fraction of sp³-hybridized carbons (Fsp3) is 0.667. The quantitative estimate of drug-likeness (QED) is 0.361. The number of nitrogens with two attached hydrogens (primary N) is 1. The van der Waals surface area contributed by atoms with Gasteiger partial charge in [-0.25, -0.2) is 0 Å². The van der Waals surface area contributed by atoms with Gasteiger partial charge in [-0.05, 0) is 13.3 Å². The van der Waals surface area contributed by atoms with Crippen molar-refractivity contribution in [2.75, 3.05) is 6.54 Å². The van der Waals surface area contributed by atoms with Crippen molar-refractivity contribution < 1.29 is 0 Å². The third-order valence-corrected chi connectivity index (χ3v) is 1.37. The highest BCUT2D eigenvalue weighted by molar-refractivity contribution is 7.80. The molecule has 0 aromatic rings. The summed E-state index contributed by atoms with van der Waals surface area (Å²) in [6, 6.07) is 0. The minimum atomic E-state index is 0.472. The van der Waals surface area contributed by atoms with E-state index in [1.54, 1.807) is 0 Å². The zero-order chi connectivity index (χ0) is 7.98. The number of hydrogen-bond acceptors (Lipinski definition) is 3. The Morgan fingerprint density at radius 2 is 2.30 bits per heavy atom. The van der Waals surface area contributed by atoms with Crippen LogP contribution in [0.1, 0.15) is 20.3 Å². The molecule has 0 unspecified atom stereocenters. The Morgan fingerprint density at radius 1 is 1.70 bits per heavy atom. The van der Waals surface area contributed by atoms with E-state index in [1.165, 1.54) is 0 Å². The number of hydrazone groups is 1. The van der Waals surface area contributed by atoms with E-state index in [9.17, 15) is 0 Å². The lowest BCUT2D eigenvalue weighted by Gasteiger charge is -1.99. The summed E-state index contributed by atoms with van der Waals surface area (Å²) in [5, 5.41) is 3.91. The van der Waals surface area contributed by atoms with Crippen LogP contribution in [0.4, 0.5) is 0 Å². The molecule has 0 aromatic heterocycles. The minimum Gasteiger partial charge on any atom is -0.325 e. The first-order valence-electron chi connectivity index (χ1n) is 3.22. The SMILES string of the molecule is CCC(=S)NN=C(C)CN. The summed E-state index contributed by atoms with van der Waals surface area (Å²) in [6.07, 6.45) is 0.816. The summed E-state index contributed by atoms with van der Waals surface area (Å²) in [5.41, 5.74) is 8.87. The molecule has 3 nitrogen and oxygen atoms in total. The van der Waals surface area contributed by atoms with Gasteiger partial charge in [-0.1, -0.05) is 19.1 Å². The number of rotatable bonds is 3. The Kier molecular flexibility index (Phi) is 5.06. The highest BCUT2D eigenvalue weighted by Gasteiger charge is 1.88. The molecule has 4 heteroatoms. The van der Waals surface area contributed by atoms with Crippen LogP contribution in [0.2, 0.25) is 0 Å². The van der Waals surface area contributed by atoms with E-state index in [0.717, 1.165) is 17.1 Å². The van der Waals surface area contributed by atoms with Crippen molar-refractivity contribution in [1.82, 2.24) is 5.43 Å². The van der Waals surface area contributed by atoms with E-state index in [-0.39, 0.29) is 0 Å². The summed E-state index contributed by atoms with van der Waals surface area (Å²) in [7, 11) is 0. The summed E-state index contributed by atoms with van der Waals surface area (Å²) in [6.45, 7) is 4.30. The molecule has 0 aliphatic carbocycles. The molecule has 0 amide bonds. The molecular formula is C6H13N3S. The Bertz CT molecular complexity index is 142. The first-order chi connectivity index (χ1) is 4.70. The normalized spacial score (nSPS) is 11.3. The van der Waals surface area contributed by atoms with Gasteiger partial charge in [-0.15, -0.1) is 0 Å². The summed E-state index contributed by atoms with van der Waals surface area (Å²) in [4.78, 5) is 0.743. The lowest BCUT2D eigenvalue weighted by molar-refractivity contribution is 0.993. The van der Waals surface area contributed by atoms with Crippen LogP contribution in [0, 0.1) is 0 Å². The molecule has 0 aliphatic heterocycles. The van der Waals surface area contributed by atoms with Gasteiger partial charge < -0.3 is 5.73 Å². The molecule has 58 valence electrons. The molecule has 0 rings (SSSR count). The summed E-state index contributed by atoms with van der Waals surface area (Å²) >= 11 is 4.86. The smallest absolute Gasteiger partial charge is 0.0958 e. The van der Waals surface area contributed by atoms with Gasteiger partial charge in [0.15, 0.2) is 0 Å². The molecule has 0 aromatic carbocycles. The van der Waals surface area contributed by atoms with Crippen LogP contribution >= 0.6 is 12.2 Å². The average Bonchev–Trinajstić information content (AvgIpc) is 1.99. The molecule has 0 radical (unpaired) electrons. The Hall–Kier alpha value is -0.480. The van der Waals surface area contributed by atoms with Gasteiger partial charge in [0.25, 0.3) is 0 Å². The molecular weight excluding hydrogens is 146 g/mol. The minimum absolute atomic E-state index is 0.472. The lowest BCUT2D eigenvalue weighted by Crippen LogP contribution is -2.19. The van der Waals surface area contributed by atoms with E-state index >= 15 is 0 Å². The summed E-state index contributed by atoms with van der Waals surface area (Å²) in [5.74, 6) is 0. The van der Waals surface area contributed by atoms with Crippen molar-refractivity contribution in [1.29, 1.82) is 0 Å². The first-order valence-corrected chi connectivity index (χ1v) is 3.63. The largest absolute Gasteiger partial charge is 0.325 e. The predicted molar refractivity (Wildman–Crippen MR) is 48.2 cm³/mol. The van der Waals surface area contributed by atoms with E-state index < -0.39 is 0 Å². The van der Waals surface area contributed by atoms with Crippen molar-refractivity contribution in [2.45, 2.75) is 20.3 Å². The van der Waals surface area contributed by atoms with Crippen molar-refractivity contribution in [3.05, 3.63) is 0 Å². The Balaban J connectivity index is 3.61. The Morgan fingerprint density at radius 3 is 2.70 bits per heavy atom. The van der Waals surface area contributed by atoms with Crippen LogP contribution in [0.15, 0.2) is 5.10 Å². The zero-order valence-corrected chi connectivity index (χ0v) is 7.16. The standard InChI is InChI=1S/C6H13N3S/c1-3-6(10)9-8-5(2)4-7/h3-4,7H2,1-2H3,(H,9,10). The molecule has 3 N–H and O–H groups in total. The summed E-state index contributed by atoms with van der Waals surface area (Å²) < 4.78 is 0. The lowest BCUT2D eigenvalue weighted by atomic mass is 10.4. The van der Waals surface area contributed by atoms with Crippen LogP contribution in [0.3, 0.4) is 0 Å². The highest BCUT2D eigenvalue weighted by Crippen LogP contribution is 1.79. The van der Waals surface area contributed by atoms with Gasteiger partial charge in [0.1, 0.15) is 0 Å². The van der Waals surface area contributed by atoms with Gasteiger partial charge in [0.2, 0.25) is 0 Å². The van der Waals surface area contributed by atoms with Crippen LogP contribution in [0.25, 0.3) is 0 Å². The van der Waals surface area contributed by atoms with Crippen LogP contribution in [-0.2, 0) is 0 Å². The monoisotopic (exact) mass is 159 g/mol. The fourth-order valence-corrected chi connectivity index (χ4v) is 0.328. The highest BCUT2D eigenvalue weighted by atomic mass is 32.1. The van der Waals surface area contributed by atoms with Crippen LogP contribution < -0.4 is 11.2 Å². The van der Waals surface area contributed by atoms with Crippen LogP contribution in [-0.4, -0.2) is 17.2 Å². The maximum absolute atomic E-state index is 5.29. The Labute approximate surface area is 66.7 Å². The number of nitrogens with zero attached hydrogens (tertiary/aromatic N) is 1. The van der Waals surface area contributed by atoms with Crippen molar-refractivity contribution in [3.8, 4) is 0 Å². The molecule has 0 heterocycles. The molecule has 0 atom stereocenters. The van der Waals surface area contributed by atoms with Gasteiger partial charge in [-0.2, -0.15) is 5.10 Å². The predicted octanol–water partition coefficient (Wildman–Crippen LogP) is 0.648. The van der Waals surface area contributed by atoms with Crippen molar-refractivity contribution >= 4 is 22.9 Å². The van der Waals surface area contributed by atoms with E-state index in [4.69, 9.17) is 18.0 Å². The molecule has 0 fully saturated rings. The van der Waals surface area contributed by atoms with E-state index in [2.05, 4.69) is 10.5 Å². The molecule has 10 heavy (non-hydrogen) atoms. The zero-order valence-electron chi connectivity index (χ0n) is 6.35. The molecule has 0 aliphatic rings. The molecule has 0 saturated carbocycles. The van der Waals surface area contributed by atoms with Crippen molar-refractivity contribution in [2.24, 2.45) is 10.8 Å². The average molecular weight is 159 g/mol. The van der Waals surface area contributed by atoms with Gasteiger partial charge >= 0.3 is 0 Å². The number of hydrogen-bond donors (Lipinski definition) is 2. The van der Waals surface area contributed by atoms with Gasteiger partial charge in [0.05, 0.1) is 4.99 Å². The molecule has 0 bridgehead atoms. The second-order valence-electron chi connectivity index (χ2n) is 1.94. The van der Waals surface area contributed by atoms with Gasteiger partial charge in [-0.3, -0.25) is 5.43 Å². The second-order valence-corrected chi connectivity index (χ2v) is 2.43. The van der Waals surface area contributed by atoms with Crippen molar-refractivity contribution in [3.63, 3.8) is 0 Å². The van der Waals surface area contributed by atoms with E-state index in [0.29, 0.717) is 6.54 Å². The second kappa shape index (κ2) is 5.32. The topological polar surface area (TPSA) is 50.4 Å². The fourth-order valence-electron chi connectivity index (χ4n) is 0.282. The van der Waals surface area contributed by atoms with E-state index in [1.807, 2.05) is 13.8 Å². The maximum atomic E-state index is 5.29. The number of thiocarbonyl (C=S) groups is 1. The first kappa shape index (κ1) is 9.52.